The van der Waals surface area contributed by atoms with Crippen LogP contribution >= 0.6 is 11.6 Å². The maximum absolute atomic E-state index is 13.0. The van der Waals surface area contributed by atoms with E-state index in [1.165, 1.54) is 0 Å². The maximum Gasteiger partial charge on any atom is 0.227 e. The molecule has 1 aliphatic heterocycles. The highest BCUT2D eigenvalue weighted by Crippen LogP contribution is 2.44. The molecule has 1 heterocycles. The fourth-order valence-electron chi connectivity index (χ4n) is 4.24. The van der Waals surface area contributed by atoms with Gasteiger partial charge in [-0.25, -0.2) is 0 Å². The highest BCUT2D eigenvalue weighted by molar-refractivity contribution is 6.31. The van der Waals surface area contributed by atoms with Gasteiger partial charge in [0.2, 0.25) is 5.91 Å². The summed E-state index contributed by atoms with van der Waals surface area (Å²) in [7, 11) is 1.69. The first kappa shape index (κ1) is 25.6. The number of rotatable bonds is 9. The van der Waals surface area contributed by atoms with E-state index in [1.807, 2.05) is 12.3 Å². The van der Waals surface area contributed by atoms with Gasteiger partial charge < -0.3 is 9.64 Å². The summed E-state index contributed by atoms with van der Waals surface area (Å²) >= 11 is 6.70. The second kappa shape index (κ2) is 10.3. The molecule has 0 N–H and O–H groups in total. The smallest absolute Gasteiger partial charge is 0.227 e. The van der Waals surface area contributed by atoms with Crippen molar-refractivity contribution in [3.63, 3.8) is 0 Å². The topological polar surface area (TPSA) is 46.6 Å². The van der Waals surface area contributed by atoms with E-state index in [4.69, 9.17) is 16.3 Å². The van der Waals surface area contributed by atoms with Gasteiger partial charge in [-0.3, -0.25) is 9.59 Å². The van der Waals surface area contributed by atoms with Crippen molar-refractivity contribution in [1.82, 2.24) is 4.90 Å². The molecule has 1 aromatic rings. The third-order valence-electron chi connectivity index (χ3n) is 6.24. The quantitative estimate of drug-likeness (QED) is 0.469. The van der Waals surface area contributed by atoms with Crippen molar-refractivity contribution in [2.75, 3.05) is 20.3 Å². The third kappa shape index (κ3) is 6.66. The summed E-state index contributed by atoms with van der Waals surface area (Å²) in [5, 5.41) is 0.758. The highest BCUT2D eigenvalue weighted by atomic mass is 35.5. The number of methoxy groups -OCH3 is 1. The minimum atomic E-state index is -0.464. The molecule has 0 fully saturated rings. The van der Waals surface area contributed by atoms with Gasteiger partial charge in [-0.05, 0) is 47.9 Å². The molecule has 0 radical (unpaired) electrons. The van der Waals surface area contributed by atoms with Crippen molar-refractivity contribution in [1.29, 1.82) is 0 Å². The lowest BCUT2D eigenvalue weighted by molar-refractivity contribution is -0.131. The Balaban J connectivity index is 2.41. The van der Waals surface area contributed by atoms with Crippen LogP contribution in [0.1, 0.15) is 71.9 Å². The fraction of sp³-hybridized carbons (Fsp3) is 0.615. The van der Waals surface area contributed by atoms with Crippen molar-refractivity contribution in [2.45, 2.75) is 72.6 Å². The van der Waals surface area contributed by atoms with Gasteiger partial charge >= 0.3 is 0 Å². The monoisotopic (exact) mass is 447 g/mol. The van der Waals surface area contributed by atoms with Crippen LogP contribution in [-0.2, 0) is 26.2 Å². The summed E-state index contributed by atoms with van der Waals surface area (Å²) < 4.78 is 5.43. The zero-order valence-corrected chi connectivity index (χ0v) is 20.9. The molecule has 1 aromatic carbocycles. The number of hydrogen-bond donors (Lipinski definition) is 0. The Bertz CT molecular complexity index is 840. The number of aryl methyl sites for hydroxylation is 1. The van der Waals surface area contributed by atoms with Gasteiger partial charge in [0.05, 0.1) is 6.61 Å². The Morgan fingerprint density at radius 1 is 1.32 bits per heavy atom. The lowest BCUT2D eigenvalue weighted by atomic mass is 9.68. The van der Waals surface area contributed by atoms with Crippen LogP contribution in [0.25, 0.3) is 0 Å². The molecule has 1 unspecified atom stereocenters. The molecule has 0 aliphatic carbocycles. The molecule has 4 nitrogen and oxygen atoms in total. The first-order chi connectivity index (χ1) is 14.4. The number of carbonyl (C=O) groups is 2. The van der Waals surface area contributed by atoms with Crippen LogP contribution in [0.15, 0.2) is 30.0 Å². The van der Waals surface area contributed by atoms with E-state index in [9.17, 15) is 9.59 Å². The lowest BCUT2D eigenvalue weighted by Crippen LogP contribution is -2.43. The van der Waals surface area contributed by atoms with E-state index in [1.54, 1.807) is 18.9 Å². The van der Waals surface area contributed by atoms with Crippen molar-refractivity contribution in [3.05, 3.63) is 46.1 Å². The van der Waals surface area contributed by atoms with Crippen LogP contribution in [0.5, 0.6) is 0 Å². The second-order valence-corrected chi connectivity index (χ2v) is 10.8. The summed E-state index contributed by atoms with van der Waals surface area (Å²) in [4.78, 5) is 26.1. The summed E-state index contributed by atoms with van der Waals surface area (Å²) in [6.45, 7) is 13.5. The van der Waals surface area contributed by atoms with Gasteiger partial charge in [-0.2, -0.15) is 0 Å². The lowest BCUT2D eigenvalue weighted by Gasteiger charge is -2.42. The standard InChI is InChI=1S/C26H38ClNO3/c1-18(17-31-7)22-16-28(13-11-19(2)29)24(30)15-26(22,6)21-9-8-20(23(27)14-21)10-12-25(3,4)5/h8-9,14,16,18H,10-13,15,17H2,1-7H3/t18?,26-/m0/s1. The summed E-state index contributed by atoms with van der Waals surface area (Å²) in [6, 6.07) is 6.26. The number of carbonyl (C=O) groups excluding carboxylic acids is 2. The first-order valence-electron chi connectivity index (χ1n) is 11.2. The van der Waals surface area contributed by atoms with Crippen LogP contribution in [0.4, 0.5) is 0 Å². The third-order valence-corrected chi connectivity index (χ3v) is 6.60. The Kier molecular flexibility index (Phi) is 8.52. The normalized spacial score (nSPS) is 20.6. The zero-order valence-electron chi connectivity index (χ0n) is 20.2. The molecular formula is C26H38ClNO3. The van der Waals surface area contributed by atoms with Crippen LogP contribution in [0, 0.1) is 11.3 Å². The molecule has 0 saturated carbocycles. The second-order valence-electron chi connectivity index (χ2n) is 10.4. The Morgan fingerprint density at radius 2 is 2.00 bits per heavy atom. The number of ketones is 1. The van der Waals surface area contributed by atoms with E-state index >= 15 is 0 Å². The molecule has 0 aromatic heterocycles. The number of benzene rings is 1. The van der Waals surface area contributed by atoms with Crippen LogP contribution in [0.3, 0.4) is 0 Å². The molecule has 0 bridgehead atoms. The predicted molar refractivity (Wildman–Crippen MR) is 127 cm³/mol. The predicted octanol–water partition coefficient (Wildman–Crippen LogP) is 5.95. The molecule has 31 heavy (non-hydrogen) atoms. The van der Waals surface area contributed by atoms with Crippen molar-refractivity contribution >= 4 is 23.3 Å². The Hall–Kier alpha value is -1.65. The van der Waals surface area contributed by atoms with Crippen LogP contribution in [0.2, 0.25) is 5.02 Å². The number of halogens is 1. The molecule has 172 valence electrons. The van der Waals surface area contributed by atoms with Crippen molar-refractivity contribution in [3.8, 4) is 0 Å². The number of Topliss-reactive ketones (excluding diaryl/α,β-unsaturated/α-hetero) is 1. The van der Waals surface area contributed by atoms with Crippen molar-refractivity contribution in [2.24, 2.45) is 11.3 Å². The molecular weight excluding hydrogens is 410 g/mol. The van der Waals surface area contributed by atoms with Gasteiger partial charge in [0.15, 0.2) is 0 Å². The summed E-state index contributed by atoms with van der Waals surface area (Å²) in [5.41, 5.74) is 3.11. The van der Waals surface area contributed by atoms with Crippen LogP contribution in [-0.4, -0.2) is 36.9 Å². The van der Waals surface area contributed by atoms with Gasteiger partial charge in [-0.1, -0.05) is 58.4 Å². The average molecular weight is 448 g/mol. The van der Waals surface area contributed by atoms with Crippen LogP contribution < -0.4 is 0 Å². The number of amides is 1. The van der Waals surface area contributed by atoms with Gasteiger partial charge in [0.25, 0.3) is 0 Å². The maximum atomic E-state index is 13.0. The van der Waals surface area contributed by atoms with E-state index < -0.39 is 5.41 Å². The fourth-order valence-corrected chi connectivity index (χ4v) is 4.51. The number of ether oxygens (including phenoxy) is 1. The Morgan fingerprint density at radius 3 is 2.55 bits per heavy atom. The van der Waals surface area contributed by atoms with Gasteiger partial charge in [-0.15, -0.1) is 0 Å². The first-order valence-corrected chi connectivity index (χ1v) is 11.5. The van der Waals surface area contributed by atoms with Gasteiger partial charge in [0.1, 0.15) is 5.78 Å². The largest absolute Gasteiger partial charge is 0.384 e. The molecule has 2 rings (SSSR count). The average Bonchev–Trinajstić information content (AvgIpc) is 2.65. The molecule has 1 aliphatic rings. The SMILES string of the molecule is COCC(C)C1=CN(CCC(C)=O)C(=O)C[C@@]1(C)c1ccc(CCC(C)(C)C)c(Cl)c1. The number of nitrogens with zero attached hydrogens (tertiary/aromatic N) is 1. The minimum absolute atomic E-state index is 0.0325. The highest BCUT2D eigenvalue weighted by Gasteiger charge is 2.41. The molecule has 0 saturated heterocycles. The summed E-state index contributed by atoms with van der Waals surface area (Å²) in [6.07, 6.45) is 4.64. The van der Waals surface area contributed by atoms with Crippen molar-refractivity contribution < 1.29 is 14.3 Å². The minimum Gasteiger partial charge on any atom is -0.384 e. The van der Waals surface area contributed by atoms with Gasteiger partial charge in [0, 0.05) is 49.1 Å². The molecule has 2 atom stereocenters. The summed E-state index contributed by atoms with van der Waals surface area (Å²) in [5.74, 6) is 0.242. The Labute approximate surface area is 193 Å². The number of hydrogen-bond acceptors (Lipinski definition) is 3. The zero-order chi connectivity index (χ0) is 23.4. The van der Waals surface area contributed by atoms with E-state index in [0.717, 1.165) is 34.6 Å². The molecule has 5 heteroatoms. The molecule has 0 spiro atoms. The van der Waals surface area contributed by atoms with E-state index in [2.05, 4.69) is 46.8 Å². The van der Waals surface area contributed by atoms with E-state index in [0.29, 0.717) is 26.0 Å². The molecule has 1 amide bonds. The van der Waals surface area contributed by atoms with E-state index in [-0.39, 0.29) is 23.0 Å².